The van der Waals surface area contributed by atoms with E-state index in [9.17, 15) is 0 Å². The fourth-order valence-electron chi connectivity index (χ4n) is 2.84. The second kappa shape index (κ2) is 5.33. The molecule has 1 saturated heterocycles. The number of nitrogens with zero attached hydrogens (tertiary/aromatic N) is 4. The molecule has 3 rings (SSSR count). The van der Waals surface area contributed by atoms with Crippen LogP contribution in [0.4, 0.5) is 11.8 Å². The minimum Gasteiger partial charge on any atom is -0.360 e. The third-order valence-electron chi connectivity index (χ3n) is 4.12. The van der Waals surface area contributed by atoms with Gasteiger partial charge in [0.1, 0.15) is 5.82 Å². The highest BCUT2D eigenvalue weighted by molar-refractivity contribution is 5.53. The predicted octanol–water partition coefficient (Wildman–Crippen LogP) is 1.18. The van der Waals surface area contributed by atoms with Crippen molar-refractivity contribution in [3.63, 3.8) is 0 Å². The first kappa shape index (κ1) is 12.7. The molecule has 0 amide bonds. The Bertz CT molecular complexity index is 453. The summed E-state index contributed by atoms with van der Waals surface area (Å²) in [6.07, 6.45) is 3.55. The van der Waals surface area contributed by atoms with Crippen molar-refractivity contribution in [3.05, 3.63) is 11.3 Å². The largest absolute Gasteiger partial charge is 0.360 e. The van der Waals surface area contributed by atoms with Crippen LogP contribution in [0.2, 0.25) is 0 Å². The van der Waals surface area contributed by atoms with Gasteiger partial charge >= 0.3 is 0 Å². The van der Waals surface area contributed by atoms with Gasteiger partial charge in [-0.2, -0.15) is 4.98 Å². The summed E-state index contributed by atoms with van der Waals surface area (Å²) in [5.74, 6) is 2.05. The first-order chi connectivity index (χ1) is 9.29. The van der Waals surface area contributed by atoms with E-state index in [2.05, 4.69) is 29.1 Å². The van der Waals surface area contributed by atoms with Crippen LogP contribution < -0.4 is 15.1 Å². The van der Waals surface area contributed by atoms with Crippen LogP contribution in [0.3, 0.4) is 0 Å². The molecule has 1 aromatic rings. The van der Waals surface area contributed by atoms with Crippen LogP contribution in [0, 0.1) is 0 Å². The molecule has 0 aromatic carbocycles. The molecule has 3 heterocycles. The van der Waals surface area contributed by atoms with Crippen LogP contribution in [0.15, 0.2) is 0 Å². The number of hydrogen-bond acceptors (Lipinski definition) is 5. The molecule has 5 heteroatoms. The Hall–Kier alpha value is -1.36. The monoisotopic (exact) mass is 261 g/mol. The Morgan fingerprint density at radius 2 is 2.05 bits per heavy atom. The second-order valence-electron chi connectivity index (χ2n) is 5.41. The van der Waals surface area contributed by atoms with Gasteiger partial charge in [-0.1, -0.05) is 0 Å². The molecule has 1 aromatic heterocycles. The number of nitrogens with one attached hydrogen (secondary N) is 1. The number of fused-ring (bicyclic) bond motifs is 1. The Labute approximate surface area is 115 Å². The maximum Gasteiger partial charge on any atom is 0.227 e. The Morgan fingerprint density at radius 1 is 1.26 bits per heavy atom. The van der Waals surface area contributed by atoms with Crippen molar-refractivity contribution in [3.8, 4) is 0 Å². The van der Waals surface area contributed by atoms with Crippen molar-refractivity contribution in [1.82, 2.24) is 15.3 Å². The average molecular weight is 261 g/mol. The summed E-state index contributed by atoms with van der Waals surface area (Å²) >= 11 is 0. The summed E-state index contributed by atoms with van der Waals surface area (Å²) in [6.45, 7) is 7.27. The molecule has 1 fully saturated rings. The standard InChI is InChI=1S/C14H23N5/c1-3-18(2)13-11-10-15-7-6-12(11)16-14(17-13)19-8-4-5-9-19/h15H,3-10H2,1-2H3. The average Bonchev–Trinajstić information content (AvgIpc) is 2.99. The highest BCUT2D eigenvalue weighted by Crippen LogP contribution is 2.27. The van der Waals surface area contributed by atoms with E-state index in [0.29, 0.717) is 0 Å². The molecule has 0 saturated carbocycles. The molecule has 2 aliphatic rings. The SMILES string of the molecule is CCN(C)c1nc(N2CCCC2)nc2c1CNCC2. The van der Waals surface area contributed by atoms with Gasteiger partial charge in [0.15, 0.2) is 0 Å². The van der Waals surface area contributed by atoms with Gasteiger partial charge in [0.25, 0.3) is 0 Å². The van der Waals surface area contributed by atoms with E-state index in [1.165, 1.54) is 24.1 Å². The van der Waals surface area contributed by atoms with Gasteiger partial charge in [0, 0.05) is 51.8 Å². The van der Waals surface area contributed by atoms with Crippen LogP contribution in [0.1, 0.15) is 31.0 Å². The highest BCUT2D eigenvalue weighted by atomic mass is 15.3. The van der Waals surface area contributed by atoms with Gasteiger partial charge in [0.05, 0.1) is 5.69 Å². The van der Waals surface area contributed by atoms with Crippen molar-refractivity contribution < 1.29 is 0 Å². The first-order valence-electron chi connectivity index (χ1n) is 7.36. The van der Waals surface area contributed by atoms with E-state index in [1.807, 2.05) is 0 Å². The quantitative estimate of drug-likeness (QED) is 0.885. The number of rotatable bonds is 3. The van der Waals surface area contributed by atoms with Gasteiger partial charge in [0.2, 0.25) is 5.95 Å². The molecular formula is C14H23N5. The lowest BCUT2D eigenvalue weighted by atomic mass is 10.1. The summed E-state index contributed by atoms with van der Waals surface area (Å²) in [7, 11) is 2.12. The fraction of sp³-hybridized carbons (Fsp3) is 0.714. The van der Waals surface area contributed by atoms with Crippen LogP contribution in [0.25, 0.3) is 0 Å². The van der Waals surface area contributed by atoms with Gasteiger partial charge in [-0.25, -0.2) is 4.98 Å². The molecule has 0 spiro atoms. The molecule has 0 radical (unpaired) electrons. The summed E-state index contributed by atoms with van der Waals surface area (Å²) in [5, 5.41) is 3.43. The lowest BCUT2D eigenvalue weighted by molar-refractivity contribution is 0.622. The van der Waals surface area contributed by atoms with E-state index >= 15 is 0 Å². The van der Waals surface area contributed by atoms with Crippen molar-refractivity contribution in [2.75, 3.05) is 43.0 Å². The maximum atomic E-state index is 4.84. The molecule has 0 aliphatic carbocycles. The molecular weight excluding hydrogens is 238 g/mol. The first-order valence-corrected chi connectivity index (χ1v) is 7.36. The lowest BCUT2D eigenvalue weighted by Gasteiger charge is -2.27. The third-order valence-corrected chi connectivity index (χ3v) is 4.12. The Morgan fingerprint density at radius 3 is 2.79 bits per heavy atom. The van der Waals surface area contributed by atoms with E-state index in [1.54, 1.807) is 0 Å². The molecule has 0 atom stereocenters. The van der Waals surface area contributed by atoms with Gasteiger partial charge in [-0.15, -0.1) is 0 Å². The highest BCUT2D eigenvalue weighted by Gasteiger charge is 2.23. The van der Waals surface area contributed by atoms with Crippen LogP contribution in [0.5, 0.6) is 0 Å². The van der Waals surface area contributed by atoms with Gasteiger partial charge in [-0.3, -0.25) is 0 Å². The van der Waals surface area contributed by atoms with Crippen LogP contribution in [-0.4, -0.2) is 43.2 Å². The van der Waals surface area contributed by atoms with E-state index in [-0.39, 0.29) is 0 Å². The van der Waals surface area contributed by atoms with E-state index in [4.69, 9.17) is 9.97 Å². The third kappa shape index (κ3) is 2.39. The molecule has 0 unspecified atom stereocenters. The molecule has 1 N–H and O–H groups in total. The lowest BCUT2D eigenvalue weighted by Crippen LogP contribution is -2.31. The van der Waals surface area contributed by atoms with E-state index in [0.717, 1.165) is 50.9 Å². The van der Waals surface area contributed by atoms with E-state index < -0.39 is 0 Å². The maximum absolute atomic E-state index is 4.84. The van der Waals surface area contributed by atoms with Crippen molar-refractivity contribution in [1.29, 1.82) is 0 Å². The summed E-state index contributed by atoms with van der Waals surface area (Å²) in [5.41, 5.74) is 2.53. The predicted molar refractivity (Wildman–Crippen MR) is 77.8 cm³/mol. The number of anilines is 2. The number of aromatic nitrogens is 2. The summed E-state index contributed by atoms with van der Waals surface area (Å²) in [4.78, 5) is 14.2. The van der Waals surface area contributed by atoms with Crippen molar-refractivity contribution in [2.45, 2.75) is 32.7 Å². The minimum absolute atomic E-state index is 0.898. The second-order valence-corrected chi connectivity index (χ2v) is 5.41. The summed E-state index contributed by atoms with van der Waals surface area (Å²) in [6, 6.07) is 0. The fourth-order valence-corrected chi connectivity index (χ4v) is 2.84. The van der Waals surface area contributed by atoms with Crippen molar-refractivity contribution >= 4 is 11.8 Å². The molecule has 5 nitrogen and oxygen atoms in total. The zero-order valence-corrected chi connectivity index (χ0v) is 11.9. The zero-order chi connectivity index (χ0) is 13.2. The summed E-state index contributed by atoms with van der Waals surface area (Å²) < 4.78 is 0. The number of hydrogen-bond donors (Lipinski definition) is 1. The smallest absolute Gasteiger partial charge is 0.227 e. The molecule has 0 bridgehead atoms. The van der Waals surface area contributed by atoms with Crippen molar-refractivity contribution in [2.24, 2.45) is 0 Å². The molecule has 104 valence electrons. The Kier molecular flexibility index (Phi) is 3.55. The van der Waals surface area contributed by atoms with Crippen LogP contribution >= 0.6 is 0 Å². The molecule has 19 heavy (non-hydrogen) atoms. The minimum atomic E-state index is 0.898. The molecule has 2 aliphatic heterocycles. The van der Waals surface area contributed by atoms with Crippen LogP contribution in [-0.2, 0) is 13.0 Å². The van der Waals surface area contributed by atoms with Gasteiger partial charge in [-0.05, 0) is 19.8 Å². The van der Waals surface area contributed by atoms with Gasteiger partial charge < -0.3 is 15.1 Å². The zero-order valence-electron chi connectivity index (χ0n) is 11.9. The Balaban J connectivity index is 2.02. The normalized spacial score (nSPS) is 18.5. The topological polar surface area (TPSA) is 44.3 Å².